The van der Waals surface area contributed by atoms with Crippen molar-refractivity contribution in [2.24, 2.45) is 0 Å². The van der Waals surface area contributed by atoms with E-state index in [2.05, 4.69) is 51.8 Å². The standard InChI is InChI=1S/C38H39N5O7/c1-3-29(25-10-14-28(15-11-25)50-22-26-18-20-40-35(41-26)23(2)44)24-8-12-27(13-9-24)49-21-5-19-39-31-7-4-6-30-34(31)38(48)43(37(30)47)32-16-17-33(45)42-36(32)46/h4,6-15,18,20,23,29,32,39,44H,3,5,16-17,19,21-22H2,1-2H3,(H,42,45,46). The van der Waals surface area contributed by atoms with Crippen LogP contribution in [-0.2, 0) is 16.2 Å². The molecule has 50 heavy (non-hydrogen) atoms. The number of aromatic nitrogens is 2. The Kier molecular flexibility index (Phi) is 10.5. The van der Waals surface area contributed by atoms with Gasteiger partial charge in [-0.25, -0.2) is 9.97 Å². The van der Waals surface area contributed by atoms with Gasteiger partial charge in [-0.2, -0.15) is 0 Å². The molecule has 2 aliphatic rings. The van der Waals surface area contributed by atoms with Crippen molar-refractivity contribution < 1.29 is 33.8 Å². The number of aliphatic hydroxyl groups is 1. The number of amides is 4. The van der Waals surface area contributed by atoms with E-state index < -0.39 is 35.8 Å². The number of piperidine rings is 1. The summed E-state index contributed by atoms with van der Waals surface area (Å²) in [4.78, 5) is 59.7. The van der Waals surface area contributed by atoms with E-state index in [1.165, 1.54) is 11.1 Å². The van der Waals surface area contributed by atoms with Gasteiger partial charge in [-0.1, -0.05) is 37.3 Å². The average Bonchev–Trinajstić information content (AvgIpc) is 3.38. The van der Waals surface area contributed by atoms with Crippen molar-refractivity contribution in [1.29, 1.82) is 0 Å². The fraction of sp³-hybridized carbons (Fsp3) is 0.316. The number of nitrogens with zero attached hydrogens (tertiary/aromatic N) is 3. The molecule has 3 aromatic carbocycles. The van der Waals surface area contributed by atoms with Gasteiger partial charge in [0.2, 0.25) is 11.8 Å². The van der Waals surface area contributed by atoms with Gasteiger partial charge < -0.3 is 19.9 Å². The first-order chi connectivity index (χ1) is 24.2. The number of fused-ring (bicyclic) bond motifs is 1. The quantitative estimate of drug-likeness (QED) is 0.123. The molecule has 4 amide bonds. The zero-order valence-electron chi connectivity index (χ0n) is 27.9. The second-order valence-electron chi connectivity index (χ2n) is 12.3. The summed E-state index contributed by atoms with van der Waals surface area (Å²) in [5.41, 5.74) is 4.03. The van der Waals surface area contributed by atoms with Crippen molar-refractivity contribution in [2.75, 3.05) is 18.5 Å². The van der Waals surface area contributed by atoms with Crippen LogP contribution < -0.4 is 20.1 Å². The third-order valence-electron chi connectivity index (χ3n) is 8.84. The molecule has 0 aliphatic carbocycles. The van der Waals surface area contributed by atoms with Gasteiger partial charge in [0.15, 0.2) is 5.82 Å². The minimum Gasteiger partial charge on any atom is -0.494 e. The first-order valence-electron chi connectivity index (χ1n) is 16.8. The summed E-state index contributed by atoms with van der Waals surface area (Å²) >= 11 is 0. The molecule has 2 aliphatic heterocycles. The van der Waals surface area contributed by atoms with Crippen LogP contribution in [0.1, 0.15) is 94.9 Å². The molecule has 1 fully saturated rings. The lowest BCUT2D eigenvalue weighted by Gasteiger charge is -2.27. The number of anilines is 1. The lowest BCUT2D eigenvalue weighted by Crippen LogP contribution is -2.54. The molecule has 3 N–H and O–H groups in total. The molecule has 0 bridgehead atoms. The largest absolute Gasteiger partial charge is 0.494 e. The van der Waals surface area contributed by atoms with Crippen molar-refractivity contribution in [2.45, 2.75) is 64.2 Å². The fourth-order valence-electron chi connectivity index (χ4n) is 6.26. The van der Waals surface area contributed by atoms with Crippen LogP contribution in [0, 0.1) is 0 Å². The number of carbonyl (C=O) groups is 4. The SMILES string of the molecule is CCC(c1ccc(OCCCNc2cccc3c2C(=O)N(C2CCC(=O)NC2=O)C3=O)cc1)c1ccc(OCc2ccnc(C(C)O)n2)cc1. The molecular formula is C38H39N5O7. The Labute approximate surface area is 289 Å². The van der Waals surface area contributed by atoms with Crippen LogP contribution in [0.5, 0.6) is 11.5 Å². The number of hydrogen-bond acceptors (Lipinski definition) is 10. The molecule has 0 spiro atoms. The molecule has 3 unspecified atom stereocenters. The molecule has 258 valence electrons. The summed E-state index contributed by atoms with van der Waals surface area (Å²) in [7, 11) is 0. The number of carbonyl (C=O) groups excluding carboxylic acids is 4. The Morgan fingerprint density at radius 2 is 1.64 bits per heavy atom. The van der Waals surface area contributed by atoms with E-state index in [-0.39, 0.29) is 36.5 Å². The smallest absolute Gasteiger partial charge is 0.264 e. The van der Waals surface area contributed by atoms with E-state index in [0.717, 1.165) is 22.8 Å². The van der Waals surface area contributed by atoms with Crippen LogP contribution in [0.15, 0.2) is 79.0 Å². The molecule has 12 heteroatoms. The summed E-state index contributed by atoms with van der Waals surface area (Å²) in [6, 6.07) is 21.9. The van der Waals surface area contributed by atoms with Gasteiger partial charge in [0.05, 0.1) is 23.4 Å². The average molecular weight is 678 g/mol. The Morgan fingerprint density at radius 1 is 0.940 bits per heavy atom. The number of nitrogens with one attached hydrogen (secondary N) is 2. The van der Waals surface area contributed by atoms with Gasteiger partial charge in [-0.05, 0) is 79.8 Å². The van der Waals surface area contributed by atoms with Gasteiger partial charge in [0, 0.05) is 30.8 Å². The topological polar surface area (TPSA) is 160 Å². The second kappa shape index (κ2) is 15.3. The summed E-state index contributed by atoms with van der Waals surface area (Å²) in [5.74, 6) is -0.0764. The molecule has 0 radical (unpaired) electrons. The molecule has 12 nitrogen and oxygen atoms in total. The van der Waals surface area contributed by atoms with Crippen molar-refractivity contribution >= 4 is 29.3 Å². The van der Waals surface area contributed by atoms with Crippen molar-refractivity contribution in [3.8, 4) is 11.5 Å². The van der Waals surface area contributed by atoms with Crippen LogP contribution >= 0.6 is 0 Å². The highest BCUT2D eigenvalue weighted by Crippen LogP contribution is 2.33. The van der Waals surface area contributed by atoms with Gasteiger partial charge in [-0.3, -0.25) is 29.4 Å². The van der Waals surface area contributed by atoms with Crippen LogP contribution in [-0.4, -0.2) is 62.8 Å². The summed E-state index contributed by atoms with van der Waals surface area (Å²) in [6.45, 7) is 4.98. The predicted octanol–water partition coefficient (Wildman–Crippen LogP) is 4.93. The third kappa shape index (κ3) is 7.50. The molecule has 1 saturated heterocycles. The van der Waals surface area contributed by atoms with Crippen LogP contribution in [0.2, 0.25) is 0 Å². The molecule has 1 aromatic heterocycles. The maximum Gasteiger partial charge on any atom is 0.264 e. The predicted molar refractivity (Wildman–Crippen MR) is 184 cm³/mol. The Balaban J connectivity index is 0.982. The first-order valence-corrected chi connectivity index (χ1v) is 16.8. The van der Waals surface area contributed by atoms with Crippen LogP contribution in [0.4, 0.5) is 5.69 Å². The van der Waals surface area contributed by atoms with E-state index in [1.807, 2.05) is 24.3 Å². The summed E-state index contributed by atoms with van der Waals surface area (Å²) in [6.07, 6.45) is 2.61. The maximum atomic E-state index is 13.3. The highest BCUT2D eigenvalue weighted by atomic mass is 16.5. The lowest BCUT2D eigenvalue weighted by atomic mass is 9.89. The van der Waals surface area contributed by atoms with E-state index in [4.69, 9.17) is 9.47 Å². The minimum absolute atomic E-state index is 0.0711. The zero-order valence-corrected chi connectivity index (χ0v) is 27.9. The van der Waals surface area contributed by atoms with E-state index in [0.29, 0.717) is 36.8 Å². The molecule has 3 heterocycles. The number of ether oxygens (including phenoxy) is 2. The Bertz CT molecular complexity index is 1880. The molecule has 6 rings (SSSR count). The summed E-state index contributed by atoms with van der Waals surface area (Å²) in [5, 5.41) is 15.2. The minimum atomic E-state index is -1.01. The van der Waals surface area contributed by atoms with Gasteiger partial charge in [-0.15, -0.1) is 0 Å². The maximum absolute atomic E-state index is 13.3. The van der Waals surface area contributed by atoms with E-state index in [9.17, 15) is 24.3 Å². The number of rotatable bonds is 14. The van der Waals surface area contributed by atoms with Gasteiger partial charge in [0.25, 0.3) is 11.8 Å². The van der Waals surface area contributed by atoms with Crippen LogP contribution in [0.25, 0.3) is 0 Å². The number of benzene rings is 3. The molecular weight excluding hydrogens is 638 g/mol. The third-order valence-corrected chi connectivity index (χ3v) is 8.84. The fourth-order valence-corrected chi connectivity index (χ4v) is 6.26. The molecule has 3 atom stereocenters. The van der Waals surface area contributed by atoms with Crippen molar-refractivity contribution in [3.63, 3.8) is 0 Å². The van der Waals surface area contributed by atoms with Crippen LogP contribution in [0.3, 0.4) is 0 Å². The normalized spacial score (nSPS) is 16.9. The number of aliphatic hydroxyl groups excluding tert-OH is 1. The van der Waals surface area contributed by atoms with Crippen molar-refractivity contribution in [3.05, 3.63) is 113 Å². The van der Waals surface area contributed by atoms with Crippen molar-refractivity contribution in [1.82, 2.24) is 20.2 Å². The monoisotopic (exact) mass is 677 g/mol. The lowest BCUT2D eigenvalue weighted by molar-refractivity contribution is -0.136. The number of hydrogen-bond donors (Lipinski definition) is 3. The highest BCUT2D eigenvalue weighted by molar-refractivity contribution is 6.25. The Morgan fingerprint density at radius 3 is 2.30 bits per heavy atom. The van der Waals surface area contributed by atoms with Gasteiger partial charge in [0.1, 0.15) is 30.3 Å². The highest BCUT2D eigenvalue weighted by Gasteiger charge is 2.45. The van der Waals surface area contributed by atoms with E-state index >= 15 is 0 Å². The summed E-state index contributed by atoms with van der Waals surface area (Å²) < 4.78 is 11.9. The van der Waals surface area contributed by atoms with E-state index in [1.54, 1.807) is 37.4 Å². The second-order valence-corrected chi connectivity index (χ2v) is 12.3. The first kappa shape index (κ1) is 34.3. The molecule has 4 aromatic rings. The number of imide groups is 2. The molecule has 0 saturated carbocycles. The zero-order chi connectivity index (χ0) is 35.2. The Hall–Kier alpha value is -5.62. The van der Waals surface area contributed by atoms with Gasteiger partial charge >= 0.3 is 0 Å².